The predicted octanol–water partition coefficient (Wildman–Crippen LogP) is 3.40. The first-order valence-corrected chi connectivity index (χ1v) is 14.1. The molecule has 1 unspecified atom stereocenters. The van der Waals surface area contributed by atoms with Crippen LogP contribution >= 0.6 is 0 Å². The van der Waals surface area contributed by atoms with Crippen LogP contribution in [-0.4, -0.2) is 3.21 Å². The van der Waals surface area contributed by atoms with Gasteiger partial charge < -0.3 is 24.8 Å². The van der Waals surface area contributed by atoms with Crippen molar-refractivity contribution in [2.75, 3.05) is 0 Å². The van der Waals surface area contributed by atoms with Crippen molar-refractivity contribution in [2.45, 2.75) is 48.0 Å². The Morgan fingerprint density at radius 3 is 2.05 bits per heavy atom. The molecule has 2 aliphatic rings. The third-order valence-electron chi connectivity index (χ3n) is 6.59. The Labute approximate surface area is 264 Å². The summed E-state index contributed by atoms with van der Waals surface area (Å²) in [5.41, 5.74) is 12.0. The minimum Gasteiger partial charge on any atom is -1.00 e. The number of fused-ring (bicyclic) bond motifs is 3. The smallest absolute Gasteiger partial charge is 1.00 e. The number of hydrogen-bond donors (Lipinski definition) is 0. The van der Waals surface area contributed by atoms with Gasteiger partial charge in [0.05, 0.1) is 0 Å². The topological polar surface area (TPSA) is 0 Å². The molecule has 0 spiro atoms. The molecule has 0 aromatic heterocycles. The third kappa shape index (κ3) is 9.82. The van der Waals surface area contributed by atoms with Crippen molar-refractivity contribution in [3.05, 3.63) is 131 Å². The molecule has 0 bridgehead atoms. The fraction of sp³-hybridized carbons (Fsp3) is 0.250. The monoisotopic (exact) mass is 630 g/mol. The first kappa shape index (κ1) is 35.0. The van der Waals surface area contributed by atoms with E-state index in [0.29, 0.717) is 11.3 Å². The molecule has 202 valence electrons. The predicted molar refractivity (Wildman–Crippen MR) is 159 cm³/mol. The van der Waals surface area contributed by atoms with Crippen LogP contribution in [0, 0.1) is 30.4 Å². The van der Waals surface area contributed by atoms with Gasteiger partial charge in [-0.1, -0.05) is 81.0 Å². The van der Waals surface area contributed by atoms with Gasteiger partial charge in [-0.2, -0.15) is 35.4 Å². The Morgan fingerprint density at radius 1 is 0.949 bits per heavy atom. The summed E-state index contributed by atoms with van der Waals surface area (Å²) in [6.07, 6.45) is 12.4. The summed E-state index contributed by atoms with van der Waals surface area (Å²) in [6.45, 7) is 20.8. The Morgan fingerprint density at radius 2 is 1.56 bits per heavy atom. The van der Waals surface area contributed by atoms with Crippen LogP contribution < -0.4 is 24.8 Å². The Kier molecular flexibility index (Phi) is 14.1. The number of rotatable bonds is 3. The molecule has 0 saturated carbocycles. The first-order valence-electron chi connectivity index (χ1n) is 12.9. The average Bonchev–Trinajstić information content (AvgIpc) is 3.47. The Bertz CT molecular complexity index is 1300. The van der Waals surface area contributed by atoms with Crippen LogP contribution in [-0.2, 0) is 30.7 Å². The average molecular weight is 633 g/mol. The van der Waals surface area contributed by atoms with Gasteiger partial charge in [-0.15, -0.1) is 23.8 Å². The molecule has 0 amide bonds. The van der Waals surface area contributed by atoms with E-state index in [1.54, 1.807) is 0 Å². The molecule has 2 aliphatic carbocycles. The fourth-order valence-corrected chi connectivity index (χ4v) is 4.63. The zero-order valence-electron chi connectivity index (χ0n) is 24.0. The van der Waals surface area contributed by atoms with Gasteiger partial charge in [-0.25, -0.2) is 6.08 Å². The molecule has 0 fully saturated rings. The van der Waals surface area contributed by atoms with Crippen molar-refractivity contribution in [3.8, 4) is 11.1 Å². The molecule has 0 radical (unpaired) electrons. The van der Waals surface area contributed by atoms with E-state index in [2.05, 4.69) is 128 Å². The quantitative estimate of drug-likeness (QED) is 0.304. The van der Waals surface area contributed by atoms with Crippen LogP contribution in [0.3, 0.4) is 0 Å². The second-order valence-corrected chi connectivity index (χ2v) is 12.6. The Balaban J connectivity index is 0.000000303. The van der Waals surface area contributed by atoms with Gasteiger partial charge in [-0.05, 0) is 12.0 Å². The Hall–Kier alpha value is -2.05. The first-order chi connectivity index (χ1) is 17.5. The molecule has 1 atom stereocenters. The summed E-state index contributed by atoms with van der Waals surface area (Å²) in [6, 6.07) is 22.7. The van der Waals surface area contributed by atoms with Crippen molar-refractivity contribution in [3.63, 3.8) is 0 Å². The maximum absolute atomic E-state index is 3.82. The number of aryl methyl sites for hydroxylation is 1. The minimum atomic E-state index is 0. The van der Waals surface area contributed by atoms with Crippen LogP contribution in [0.25, 0.3) is 23.3 Å². The maximum Gasteiger partial charge on any atom is -1.00 e. The van der Waals surface area contributed by atoms with E-state index in [0.717, 1.165) is 12.0 Å². The van der Waals surface area contributed by atoms with Gasteiger partial charge in [0, 0.05) is 0 Å². The molecule has 3 aromatic rings. The van der Waals surface area contributed by atoms with Crippen LogP contribution in [0.5, 0.6) is 0 Å². The van der Waals surface area contributed by atoms with Gasteiger partial charge in [0.25, 0.3) is 0 Å². The van der Waals surface area contributed by atoms with Gasteiger partial charge in [0.1, 0.15) is 0 Å². The molecule has 0 heterocycles. The SMILES string of the molecule is C=Cc1c[c-]c2c(c1)-c1cc(C=C)ccc1C2.CC1[C-]=CC(C(C)(C)C)=C1.C[C](=[Zr+2])c1ccc(C)cc1.[Cl-].[Cl-]. The van der Waals surface area contributed by atoms with Crippen molar-refractivity contribution in [1.29, 1.82) is 0 Å². The molecule has 0 saturated heterocycles. The minimum absolute atomic E-state index is 0. The van der Waals surface area contributed by atoms with Crippen molar-refractivity contribution < 1.29 is 49.0 Å². The molecular weight excluding hydrogens is 595 g/mol. The summed E-state index contributed by atoms with van der Waals surface area (Å²) in [4.78, 5) is 0. The third-order valence-corrected chi connectivity index (χ3v) is 7.30. The maximum atomic E-state index is 3.82. The summed E-state index contributed by atoms with van der Waals surface area (Å²) in [7, 11) is 0. The molecule has 5 rings (SSSR count). The van der Waals surface area contributed by atoms with E-state index in [1.165, 1.54) is 72.0 Å². The van der Waals surface area contributed by atoms with Gasteiger partial charge >= 0.3 is 76.7 Å². The van der Waals surface area contributed by atoms with E-state index < -0.39 is 0 Å². The number of halogens is 2. The zero-order chi connectivity index (χ0) is 27.2. The second kappa shape index (κ2) is 15.7. The van der Waals surface area contributed by atoms with E-state index in [4.69, 9.17) is 0 Å². The van der Waals surface area contributed by atoms with Crippen molar-refractivity contribution in [2.24, 2.45) is 11.3 Å². The molecule has 0 N–H and O–H groups in total. The number of hydrogen-bond acceptors (Lipinski definition) is 0. The van der Waals surface area contributed by atoms with Crippen LogP contribution in [0.1, 0.15) is 68.0 Å². The molecule has 0 nitrogen and oxygen atoms in total. The summed E-state index contributed by atoms with van der Waals surface area (Å²) >= 11 is 1.51. The number of allylic oxidation sites excluding steroid dienone is 4. The van der Waals surface area contributed by atoms with Crippen LogP contribution in [0.2, 0.25) is 0 Å². The number of benzene rings is 3. The second-order valence-electron chi connectivity index (χ2n) is 10.8. The molecule has 3 aromatic carbocycles. The van der Waals surface area contributed by atoms with E-state index in [9.17, 15) is 0 Å². The van der Waals surface area contributed by atoms with E-state index in [1.807, 2.05) is 18.2 Å². The van der Waals surface area contributed by atoms with Crippen molar-refractivity contribution in [1.82, 2.24) is 0 Å². The molecule has 0 aliphatic heterocycles. The summed E-state index contributed by atoms with van der Waals surface area (Å²) in [5.74, 6) is 0.522. The zero-order valence-corrected chi connectivity index (χ0v) is 27.9. The molecule has 3 heteroatoms. The summed E-state index contributed by atoms with van der Waals surface area (Å²) < 4.78 is 1.46. The molecular formula is C36H38Cl2Zr-2. The molecule has 39 heavy (non-hydrogen) atoms. The van der Waals surface area contributed by atoms with Gasteiger partial charge in [0.15, 0.2) is 0 Å². The van der Waals surface area contributed by atoms with Crippen LogP contribution in [0.15, 0.2) is 85.5 Å². The summed E-state index contributed by atoms with van der Waals surface area (Å²) in [5, 5.41) is 0. The standard InChI is InChI=1S/C17H13.C10H15.C9H10.2ClH.Zr/c1-3-12-5-7-14-11-15-8-6-13(4-2)10-17(15)16(14)9-12;1-8-5-6-9(7-8)10(2,3)4;1-3-9-6-4-8(2)5-7-9;;;/h3-7,9-10H,1-2,11H2;6-8H,1-4H3;4-7H,1-2H3;2*1H;/q2*-1;;;;+2/p-2. The van der Waals surface area contributed by atoms with E-state index in [-0.39, 0.29) is 24.8 Å². The largest absolute Gasteiger partial charge is 1.00 e. The van der Waals surface area contributed by atoms with Gasteiger partial charge in [0.2, 0.25) is 0 Å². The van der Waals surface area contributed by atoms with E-state index >= 15 is 0 Å². The van der Waals surface area contributed by atoms with Crippen LogP contribution in [0.4, 0.5) is 0 Å². The van der Waals surface area contributed by atoms with Gasteiger partial charge in [-0.3, -0.25) is 6.08 Å². The normalized spacial score (nSPS) is 14.1. The fourth-order valence-electron chi connectivity index (χ4n) is 4.22. The van der Waals surface area contributed by atoms with Crippen molar-refractivity contribution >= 4 is 15.4 Å².